The molecular weight excluding hydrogens is 164 g/mol. The molecule has 13 heavy (non-hydrogen) atoms. The van der Waals surface area contributed by atoms with Gasteiger partial charge < -0.3 is 5.11 Å². The SMILES string of the molecule is CC(O)CCc1ccccc1C=O. The molecule has 0 aromatic heterocycles. The Balaban J connectivity index is 2.69. The van der Waals surface area contributed by atoms with Gasteiger partial charge >= 0.3 is 0 Å². The van der Waals surface area contributed by atoms with Crippen molar-refractivity contribution >= 4 is 6.29 Å². The van der Waals surface area contributed by atoms with E-state index in [0.717, 1.165) is 23.8 Å². The van der Waals surface area contributed by atoms with Crippen molar-refractivity contribution in [2.24, 2.45) is 0 Å². The topological polar surface area (TPSA) is 37.3 Å². The lowest BCUT2D eigenvalue weighted by Gasteiger charge is -2.05. The number of aliphatic hydroxyl groups excluding tert-OH is 1. The summed E-state index contributed by atoms with van der Waals surface area (Å²) in [7, 11) is 0. The Labute approximate surface area is 78.2 Å². The normalized spacial score (nSPS) is 12.5. The first kappa shape index (κ1) is 9.93. The smallest absolute Gasteiger partial charge is 0.150 e. The van der Waals surface area contributed by atoms with E-state index >= 15 is 0 Å². The Morgan fingerprint density at radius 2 is 2.15 bits per heavy atom. The Morgan fingerprint density at radius 3 is 2.77 bits per heavy atom. The van der Waals surface area contributed by atoms with E-state index in [9.17, 15) is 4.79 Å². The molecule has 0 radical (unpaired) electrons. The van der Waals surface area contributed by atoms with Crippen LogP contribution in [0.2, 0.25) is 0 Å². The van der Waals surface area contributed by atoms with Crippen LogP contribution in [0.5, 0.6) is 0 Å². The minimum atomic E-state index is -0.306. The predicted octanol–water partition coefficient (Wildman–Crippen LogP) is 1.81. The maximum atomic E-state index is 10.6. The maximum Gasteiger partial charge on any atom is 0.150 e. The molecule has 1 aromatic carbocycles. The van der Waals surface area contributed by atoms with Gasteiger partial charge in [-0.1, -0.05) is 24.3 Å². The van der Waals surface area contributed by atoms with Crippen LogP contribution in [0.1, 0.15) is 29.3 Å². The zero-order chi connectivity index (χ0) is 9.68. The lowest BCUT2D eigenvalue weighted by molar-refractivity contribution is 0.112. The maximum absolute atomic E-state index is 10.6. The molecule has 0 spiro atoms. The molecule has 0 aliphatic rings. The highest BCUT2D eigenvalue weighted by Gasteiger charge is 2.02. The third-order valence-corrected chi connectivity index (χ3v) is 2.01. The van der Waals surface area contributed by atoms with Crippen molar-refractivity contribution in [2.45, 2.75) is 25.9 Å². The van der Waals surface area contributed by atoms with Crippen molar-refractivity contribution in [1.82, 2.24) is 0 Å². The van der Waals surface area contributed by atoms with E-state index in [2.05, 4.69) is 0 Å². The van der Waals surface area contributed by atoms with E-state index in [1.165, 1.54) is 0 Å². The largest absolute Gasteiger partial charge is 0.393 e. The minimum absolute atomic E-state index is 0.306. The van der Waals surface area contributed by atoms with Crippen LogP contribution < -0.4 is 0 Å². The van der Waals surface area contributed by atoms with Crippen molar-refractivity contribution in [3.8, 4) is 0 Å². The molecular formula is C11H14O2. The van der Waals surface area contributed by atoms with Crippen molar-refractivity contribution in [3.05, 3.63) is 35.4 Å². The molecule has 0 heterocycles. The van der Waals surface area contributed by atoms with Gasteiger partial charge in [-0.25, -0.2) is 0 Å². The van der Waals surface area contributed by atoms with Crippen LogP contribution in [0.25, 0.3) is 0 Å². The fraction of sp³-hybridized carbons (Fsp3) is 0.364. The molecule has 2 heteroatoms. The lowest BCUT2D eigenvalue weighted by Crippen LogP contribution is -2.02. The molecule has 70 valence electrons. The number of aliphatic hydroxyl groups is 1. The molecule has 0 aliphatic carbocycles. The molecule has 2 nitrogen and oxygen atoms in total. The zero-order valence-electron chi connectivity index (χ0n) is 7.73. The van der Waals surface area contributed by atoms with Gasteiger partial charge in [-0.3, -0.25) is 4.79 Å². The number of carbonyl (C=O) groups is 1. The number of carbonyl (C=O) groups excluding carboxylic acids is 1. The summed E-state index contributed by atoms with van der Waals surface area (Å²) in [5.41, 5.74) is 1.74. The third kappa shape index (κ3) is 2.99. The molecule has 0 bridgehead atoms. The number of hydrogen-bond donors (Lipinski definition) is 1. The number of rotatable bonds is 4. The van der Waals surface area contributed by atoms with Crippen molar-refractivity contribution < 1.29 is 9.90 Å². The van der Waals surface area contributed by atoms with Gasteiger partial charge in [-0.2, -0.15) is 0 Å². The van der Waals surface area contributed by atoms with Crippen LogP contribution in [0, 0.1) is 0 Å². The summed E-state index contributed by atoms with van der Waals surface area (Å²) in [6, 6.07) is 7.47. The van der Waals surface area contributed by atoms with Crippen LogP contribution >= 0.6 is 0 Å². The summed E-state index contributed by atoms with van der Waals surface area (Å²) in [5.74, 6) is 0. The monoisotopic (exact) mass is 178 g/mol. The molecule has 0 aliphatic heterocycles. The number of aryl methyl sites for hydroxylation is 1. The molecule has 1 aromatic rings. The highest BCUT2D eigenvalue weighted by Crippen LogP contribution is 2.09. The first-order valence-electron chi connectivity index (χ1n) is 4.45. The van der Waals surface area contributed by atoms with Crippen LogP contribution in [-0.4, -0.2) is 17.5 Å². The van der Waals surface area contributed by atoms with Gasteiger partial charge in [0.1, 0.15) is 6.29 Å². The molecule has 1 rings (SSSR count). The number of aldehydes is 1. The first-order chi connectivity index (χ1) is 6.24. The minimum Gasteiger partial charge on any atom is -0.393 e. The second kappa shape index (κ2) is 4.77. The third-order valence-electron chi connectivity index (χ3n) is 2.01. The Kier molecular flexibility index (Phi) is 3.65. The van der Waals surface area contributed by atoms with Crippen LogP contribution in [0.4, 0.5) is 0 Å². The predicted molar refractivity (Wildman–Crippen MR) is 51.8 cm³/mol. The molecule has 0 fully saturated rings. The number of hydrogen-bond acceptors (Lipinski definition) is 2. The highest BCUT2D eigenvalue weighted by atomic mass is 16.3. The summed E-state index contributed by atoms with van der Waals surface area (Å²) in [6.45, 7) is 1.75. The van der Waals surface area contributed by atoms with Gasteiger partial charge in [0.15, 0.2) is 0 Å². The average molecular weight is 178 g/mol. The number of benzene rings is 1. The molecule has 1 atom stereocenters. The van der Waals surface area contributed by atoms with Gasteiger partial charge in [0.25, 0.3) is 0 Å². The van der Waals surface area contributed by atoms with Gasteiger partial charge in [0, 0.05) is 5.56 Å². The van der Waals surface area contributed by atoms with E-state index in [4.69, 9.17) is 5.11 Å². The van der Waals surface area contributed by atoms with Crippen LogP contribution in [0.15, 0.2) is 24.3 Å². The van der Waals surface area contributed by atoms with Gasteiger partial charge in [0.05, 0.1) is 6.10 Å². The zero-order valence-corrected chi connectivity index (χ0v) is 7.73. The van der Waals surface area contributed by atoms with Crippen molar-refractivity contribution in [3.63, 3.8) is 0 Å². The Hall–Kier alpha value is -1.15. The summed E-state index contributed by atoms with van der Waals surface area (Å²) in [5, 5.41) is 9.09. The molecule has 1 unspecified atom stereocenters. The molecule has 0 saturated carbocycles. The van der Waals surface area contributed by atoms with Gasteiger partial charge in [-0.15, -0.1) is 0 Å². The van der Waals surface area contributed by atoms with E-state index < -0.39 is 0 Å². The lowest BCUT2D eigenvalue weighted by atomic mass is 10.0. The Morgan fingerprint density at radius 1 is 1.46 bits per heavy atom. The summed E-state index contributed by atoms with van der Waals surface area (Å²) in [6.07, 6.45) is 2.01. The Bertz CT molecular complexity index is 279. The van der Waals surface area contributed by atoms with E-state index in [0.29, 0.717) is 6.42 Å². The second-order valence-electron chi connectivity index (χ2n) is 3.20. The van der Waals surface area contributed by atoms with Crippen molar-refractivity contribution in [2.75, 3.05) is 0 Å². The fourth-order valence-electron chi connectivity index (χ4n) is 1.24. The van der Waals surface area contributed by atoms with E-state index in [1.807, 2.05) is 18.2 Å². The summed E-state index contributed by atoms with van der Waals surface area (Å²) >= 11 is 0. The second-order valence-corrected chi connectivity index (χ2v) is 3.20. The quantitative estimate of drug-likeness (QED) is 0.714. The molecule has 0 amide bonds. The highest BCUT2D eigenvalue weighted by molar-refractivity contribution is 5.77. The summed E-state index contributed by atoms with van der Waals surface area (Å²) in [4.78, 5) is 10.6. The standard InChI is InChI=1S/C11H14O2/c1-9(13)6-7-10-4-2-3-5-11(10)8-12/h2-5,8-9,13H,6-7H2,1H3. The van der Waals surface area contributed by atoms with Crippen molar-refractivity contribution in [1.29, 1.82) is 0 Å². The molecule has 1 N–H and O–H groups in total. The summed E-state index contributed by atoms with van der Waals surface area (Å²) < 4.78 is 0. The van der Waals surface area contributed by atoms with Gasteiger partial charge in [0.2, 0.25) is 0 Å². The van der Waals surface area contributed by atoms with E-state index in [-0.39, 0.29) is 6.10 Å². The van der Waals surface area contributed by atoms with Gasteiger partial charge in [-0.05, 0) is 25.3 Å². The molecule has 0 saturated heterocycles. The van der Waals surface area contributed by atoms with Crippen LogP contribution in [-0.2, 0) is 6.42 Å². The first-order valence-corrected chi connectivity index (χ1v) is 4.45. The van der Waals surface area contributed by atoms with Crippen LogP contribution in [0.3, 0.4) is 0 Å². The fourth-order valence-corrected chi connectivity index (χ4v) is 1.24. The van der Waals surface area contributed by atoms with E-state index in [1.54, 1.807) is 13.0 Å². The average Bonchev–Trinajstić information content (AvgIpc) is 2.15.